The van der Waals surface area contributed by atoms with Crippen LogP contribution in [0.4, 0.5) is 0 Å². The summed E-state index contributed by atoms with van der Waals surface area (Å²) in [7, 11) is 0. The standard InChI is InChI=1S/C13H22O4/c1-4-7-9-11(17-12(14)6-3)13(15)16-10-8-5-2/h6,11H,3-5,7-10H2,1-2H3. The third-order valence-electron chi connectivity index (χ3n) is 2.25. The first kappa shape index (κ1) is 15.7. The molecule has 0 aromatic carbocycles. The van der Waals surface area contributed by atoms with Gasteiger partial charge in [0.1, 0.15) is 0 Å². The average Bonchev–Trinajstić information content (AvgIpc) is 2.34. The molecular weight excluding hydrogens is 220 g/mol. The van der Waals surface area contributed by atoms with E-state index in [1.807, 2.05) is 13.8 Å². The molecule has 0 aliphatic heterocycles. The zero-order valence-corrected chi connectivity index (χ0v) is 10.7. The number of esters is 2. The molecule has 4 nitrogen and oxygen atoms in total. The number of hydrogen-bond acceptors (Lipinski definition) is 4. The minimum atomic E-state index is -0.794. The molecule has 98 valence electrons. The molecule has 0 bridgehead atoms. The Balaban J connectivity index is 4.18. The first-order valence-electron chi connectivity index (χ1n) is 6.15. The van der Waals surface area contributed by atoms with Crippen molar-refractivity contribution in [3.05, 3.63) is 12.7 Å². The Hall–Kier alpha value is -1.32. The molecular formula is C13H22O4. The first-order valence-corrected chi connectivity index (χ1v) is 6.15. The van der Waals surface area contributed by atoms with Gasteiger partial charge in [-0.15, -0.1) is 0 Å². The third-order valence-corrected chi connectivity index (χ3v) is 2.25. The Morgan fingerprint density at radius 1 is 1.24 bits per heavy atom. The van der Waals surface area contributed by atoms with Crippen molar-refractivity contribution in [3.63, 3.8) is 0 Å². The topological polar surface area (TPSA) is 52.6 Å². The van der Waals surface area contributed by atoms with Crippen LogP contribution in [0, 0.1) is 0 Å². The lowest BCUT2D eigenvalue weighted by molar-refractivity contribution is -0.165. The average molecular weight is 242 g/mol. The maximum atomic E-state index is 11.6. The van der Waals surface area contributed by atoms with Crippen LogP contribution in [0.15, 0.2) is 12.7 Å². The molecule has 0 saturated carbocycles. The van der Waals surface area contributed by atoms with E-state index in [1.54, 1.807) is 0 Å². The highest BCUT2D eigenvalue weighted by Gasteiger charge is 2.22. The van der Waals surface area contributed by atoms with Crippen molar-refractivity contribution in [2.45, 2.75) is 52.1 Å². The van der Waals surface area contributed by atoms with Gasteiger partial charge >= 0.3 is 11.9 Å². The highest BCUT2D eigenvalue weighted by molar-refractivity contribution is 5.85. The van der Waals surface area contributed by atoms with Gasteiger partial charge in [0.2, 0.25) is 0 Å². The number of carbonyl (C=O) groups excluding carboxylic acids is 2. The molecule has 0 spiro atoms. The second kappa shape index (κ2) is 9.87. The zero-order chi connectivity index (χ0) is 13.1. The molecule has 1 atom stereocenters. The van der Waals surface area contributed by atoms with Crippen LogP contribution in [0.5, 0.6) is 0 Å². The predicted molar refractivity (Wildman–Crippen MR) is 65.5 cm³/mol. The Morgan fingerprint density at radius 3 is 2.41 bits per heavy atom. The molecule has 0 N–H and O–H groups in total. The summed E-state index contributed by atoms with van der Waals surface area (Å²) >= 11 is 0. The number of rotatable bonds is 9. The molecule has 0 radical (unpaired) electrons. The number of ether oxygens (including phenoxy) is 2. The van der Waals surface area contributed by atoms with E-state index in [1.165, 1.54) is 0 Å². The van der Waals surface area contributed by atoms with Crippen molar-refractivity contribution in [2.75, 3.05) is 6.61 Å². The molecule has 0 heterocycles. The lowest BCUT2D eigenvalue weighted by atomic mass is 10.1. The fraction of sp³-hybridized carbons (Fsp3) is 0.692. The molecule has 0 aromatic rings. The lowest BCUT2D eigenvalue weighted by Gasteiger charge is -2.15. The molecule has 0 rings (SSSR count). The SMILES string of the molecule is C=CC(=O)OC(CCCC)C(=O)OCCCC. The van der Waals surface area contributed by atoms with Crippen LogP contribution in [-0.4, -0.2) is 24.6 Å². The smallest absolute Gasteiger partial charge is 0.347 e. The van der Waals surface area contributed by atoms with Gasteiger partial charge in [0.15, 0.2) is 6.10 Å². The fourth-order valence-corrected chi connectivity index (χ4v) is 1.21. The van der Waals surface area contributed by atoms with Crippen molar-refractivity contribution in [1.29, 1.82) is 0 Å². The number of unbranched alkanes of at least 4 members (excludes halogenated alkanes) is 2. The fourth-order valence-electron chi connectivity index (χ4n) is 1.21. The number of hydrogen-bond donors (Lipinski definition) is 0. The van der Waals surface area contributed by atoms with Gasteiger partial charge in [0, 0.05) is 6.08 Å². The van der Waals surface area contributed by atoms with Gasteiger partial charge < -0.3 is 9.47 Å². The van der Waals surface area contributed by atoms with Gasteiger partial charge in [-0.25, -0.2) is 9.59 Å². The predicted octanol–water partition coefficient (Wildman–Crippen LogP) is 2.62. The van der Waals surface area contributed by atoms with Gasteiger partial charge in [0.25, 0.3) is 0 Å². The van der Waals surface area contributed by atoms with Crippen LogP contribution in [0.3, 0.4) is 0 Å². The van der Waals surface area contributed by atoms with E-state index in [-0.39, 0.29) is 0 Å². The normalized spacial score (nSPS) is 11.6. The summed E-state index contributed by atoms with van der Waals surface area (Å²) < 4.78 is 10.00. The minimum Gasteiger partial charge on any atom is -0.463 e. The van der Waals surface area contributed by atoms with E-state index in [0.717, 1.165) is 31.8 Å². The van der Waals surface area contributed by atoms with E-state index < -0.39 is 18.0 Å². The van der Waals surface area contributed by atoms with Gasteiger partial charge in [-0.05, 0) is 19.3 Å². The van der Waals surface area contributed by atoms with E-state index in [0.29, 0.717) is 13.0 Å². The van der Waals surface area contributed by atoms with Crippen molar-refractivity contribution < 1.29 is 19.1 Å². The summed E-state index contributed by atoms with van der Waals surface area (Å²) in [6.07, 6.45) is 4.29. The molecule has 0 aromatic heterocycles. The Bertz CT molecular complexity index is 248. The second-order valence-corrected chi connectivity index (χ2v) is 3.79. The minimum absolute atomic E-state index is 0.379. The summed E-state index contributed by atoms with van der Waals surface area (Å²) in [5, 5.41) is 0. The Kier molecular flexibility index (Phi) is 9.11. The lowest BCUT2D eigenvalue weighted by Crippen LogP contribution is -2.29. The van der Waals surface area contributed by atoms with Crippen molar-refractivity contribution in [3.8, 4) is 0 Å². The third kappa shape index (κ3) is 7.55. The van der Waals surface area contributed by atoms with Crippen LogP contribution >= 0.6 is 0 Å². The van der Waals surface area contributed by atoms with E-state index in [2.05, 4.69) is 6.58 Å². The van der Waals surface area contributed by atoms with E-state index in [9.17, 15) is 9.59 Å². The summed E-state index contributed by atoms with van der Waals surface area (Å²) in [5.41, 5.74) is 0. The highest BCUT2D eigenvalue weighted by Crippen LogP contribution is 2.08. The Labute approximate surface area is 103 Å². The van der Waals surface area contributed by atoms with E-state index >= 15 is 0 Å². The molecule has 1 unspecified atom stereocenters. The first-order chi connectivity index (χ1) is 8.15. The molecule has 0 saturated heterocycles. The zero-order valence-electron chi connectivity index (χ0n) is 10.7. The van der Waals surface area contributed by atoms with Crippen LogP contribution < -0.4 is 0 Å². The van der Waals surface area contributed by atoms with Crippen LogP contribution in [-0.2, 0) is 19.1 Å². The maximum absolute atomic E-state index is 11.6. The second-order valence-electron chi connectivity index (χ2n) is 3.79. The molecule has 17 heavy (non-hydrogen) atoms. The summed E-state index contributed by atoms with van der Waals surface area (Å²) in [5.74, 6) is -1.04. The highest BCUT2D eigenvalue weighted by atomic mass is 16.6. The Morgan fingerprint density at radius 2 is 1.88 bits per heavy atom. The van der Waals surface area contributed by atoms with Gasteiger partial charge in [-0.3, -0.25) is 0 Å². The van der Waals surface area contributed by atoms with Crippen molar-refractivity contribution in [2.24, 2.45) is 0 Å². The molecule has 0 aliphatic carbocycles. The largest absolute Gasteiger partial charge is 0.463 e. The number of carbonyl (C=O) groups is 2. The molecule has 0 aliphatic rings. The van der Waals surface area contributed by atoms with Gasteiger partial charge in [-0.1, -0.05) is 33.3 Å². The van der Waals surface area contributed by atoms with Crippen LogP contribution in [0.2, 0.25) is 0 Å². The molecule has 0 amide bonds. The van der Waals surface area contributed by atoms with Crippen molar-refractivity contribution in [1.82, 2.24) is 0 Å². The van der Waals surface area contributed by atoms with E-state index in [4.69, 9.17) is 9.47 Å². The monoisotopic (exact) mass is 242 g/mol. The molecule has 4 heteroatoms. The quantitative estimate of drug-likeness (QED) is 0.354. The van der Waals surface area contributed by atoms with Crippen LogP contribution in [0.25, 0.3) is 0 Å². The summed E-state index contributed by atoms with van der Waals surface area (Å²) in [6.45, 7) is 7.70. The van der Waals surface area contributed by atoms with Gasteiger partial charge in [-0.2, -0.15) is 0 Å². The van der Waals surface area contributed by atoms with Gasteiger partial charge in [0.05, 0.1) is 6.61 Å². The maximum Gasteiger partial charge on any atom is 0.347 e. The summed E-state index contributed by atoms with van der Waals surface area (Å²) in [4.78, 5) is 22.7. The molecule has 0 fully saturated rings. The van der Waals surface area contributed by atoms with Crippen LogP contribution in [0.1, 0.15) is 46.0 Å². The van der Waals surface area contributed by atoms with Crippen molar-refractivity contribution >= 4 is 11.9 Å². The summed E-state index contributed by atoms with van der Waals surface area (Å²) in [6, 6.07) is 0.